The van der Waals surface area contributed by atoms with Crippen molar-refractivity contribution in [2.24, 2.45) is 0 Å². The second-order valence-electron chi connectivity index (χ2n) is 7.53. The second-order valence-corrected chi connectivity index (χ2v) is 7.53. The number of hydrogen-bond donors (Lipinski definition) is 1. The number of rotatable bonds is 5. The monoisotopic (exact) mass is 448 g/mol. The summed E-state index contributed by atoms with van der Waals surface area (Å²) < 4.78 is 20.6. The quantitative estimate of drug-likeness (QED) is 0.472. The number of nitrogens with one attached hydrogen (secondary N) is 1. The van der Waals surface area contributed by atoms with E-state index in [4.69, 9.17) is 4.74 Å². The third-order valence-electron chi connectivity index (χ3n) is 5.19. The lowest BCUT2D eigenvalue weighted by molar-refractivity contribution is -0.105. The highest BCUT2D eigenvalue weighted by Gasteiger charge is 2.11. The molecule has 3 aromatic heterocycles. The molecule has 0 unspecified atom stereocenters. The number of hydrogen-bond acceptors (Lipinski definition) is 6. The molecule has 33 heavy (non-hydrogen) atoms. The number of morpholine rings is 1. The summed E-state index contributed by atoms with van der Waals surface area (Å²) in [4.78, 5) is 21.1. The third-order valence-corrected chi connectivity index (χ3v) is 5.19. The summed E-state index contributed by atoms with van der Waals surface area (Å²) in [6.07, 6.45) is 2.38. The van der Waals surface area contributed by atoms with Crippen LogP contribution in [0.25, 0.3) is 16.9 Å². The number of aryl methyl sites for hydroxylation is 1. The van der Waals surface area contributed by atoms with Crippen LogP contribution in [0.3, 0.4) is 0 Å². The Labute approximate surface area is 191 Å². The number of amides is 1. The number of fused-ring (bicyclic) bond motifs is 1. The van der Waals surface area contributed by atoms with Gasteiger partial charge in [-0.15, -0.1) is 0 Å². The van der Waals surface area contributed by atoms with Crippen LogP contribution >= 0.6 is 0 Å². The number of carbonyl (C=O) groups is 1. The number of nitrogens with zero attached hydrogens (tertiary/aromatic N) is 5. The summed E-state index contributed by atoms with van der Waals surface area (Å²) in [6, 6.07) is 15.9. The van der Waals surface area contributed by atoms with Gasteiger partial charge in [0.15, 0.2) is 5.65 Å². The Morgan fingerprint density at radius 1 is 1.09 bits per heavy atom. The standard InChI is InChI=1S/C13H10FN3.C11H15N3O2/c1-9-8-15-13-7-6-12(16-17(9)13)10-4-2-3-5-11(10)14;15-9-12-11-3-1-2-10(13-11)8-14-4-6-16-7-5-14/h2-8H,1H3;1-3,9H,4-8H2,(H,12,13,15). The molecule has 8 nitrogen and oxygen atoms in total. The third kappa shape index (κ3) is 5.76. The van der Waals surface area contributed by atoms with Gasteiger partial charge in [0.25, 0.3) is 0 Å². The van der Waals surface area contributed by atoms with E-state index in [0.717, 1.165) is 49.9 Å². The van der Waals surface area contributed by atoms with Crippen LogP contribution in [0.4, 0.5) is 10.2 Å². The lowest BCUT2D eigenvalue weighted by Crippen LogP contribution is -2.35. The van der Waals surface area contributed by atoms with Crippen LogP contribution < -0.4 is 5.32 Å². The van der Waals surface area contributed by atoms with E-state index in [9.17, 15) is 9.18 Å². The van der Waals surface area contributed by atoms with Crippen molar-refractivity contribution in [3.63, 3.8) is 0 Å². The van der Waals surface area contributed by atoms with Crippen molar-refractivity contribution in [1.82, 2.24) is 24.5 Å². The van der Waals surface area contributed by atoms with E-state index in [-0.39, 0.29) is 5.82 Å². The first kappa shape index (κ1) is 22.5. The van der Waals surface area contributed by atoms with E-state index < -0.39 is 0 Å². The Morgan fingerprint density at radius 3 is 2.70 bits per heavy atom. The van der Waals surface area contributed by atoms with Gasteiger partial charge < -0.3 is 10.1 Å². The summed E-state index contributed by atoms with van der Waals surface area (Å²) in [6.45, 7) is 6.16. The van der Waals surface area contributed by atoms with Gasteiger partial charge in [0.2, 0.25) is 6.41 Å². The lowest BCUT2D eigenvalue weighted by Gasteiger charge is -2.26. The Hall–Kier alpha value is -3.69. The van der Waals surface area contributed by atoms with Crippen LogP contribution in [0.15, 0.2) is 60.8 Å². The van der Waals surface area contributed by atoms with Gasteiger partial charge in [-0.2, -0.15) is 5.10 Å². The molecule has 4 heterocycles. The molecule has 0 spiro atoms. The van der Waals surface area contributed by atoms with Crippen LogP contribution in [0.2, 0.25) is 0 Å². The zero-order valence-electron chi connectivity index (χ0n) is 18.3. The minimum Gasteiger partial charge on any atom is -0.379 e. The van der Waals surface area contributed by atoms with Crippen LogP contribution in [-0.4, -0.2) is 57.2 Å². The molecule has 1 aromatic carbocycles. The number of imidazole rings is 1. The average molecular weight is 449 g/mol. The van der Waals surface area contributed by atoms with Gasteiger partial charge in [0, 0.05) is 25.2 Å². The van der Waals surface area contributed by atoms with Gasteiger partial charge in [-0.3, -0.25) is 9.69 Å². The number of ether oxygens (including phenoxy) is 1. The maximum atomic E-state index is 13.6. The lowest BCUT2D eigenvalue weighted by atomic mass is 10.1. The number of halogens is 1. The molecule has 1 aliphatic rings. The van der Waals surface area contributed by atoms with Crippen molar-refractivity contribution in [3.8, 4) is 11.3 Å². The minimum absolute atomic E-state index is 0.267. The minimum atomic E-state index is -0.267. The normalized spacial score (nSPS) is 13.9. The zero-order valence-corrected chi connectivity index (χ0v) is 18.3. The van der Waals surface area contributed by atoms with Gasteiger partial charge in [-0.1, -0.05) is 18.2 Å². The highest BCUT2D eigenvalue weighted by molar-refractivity contribution is 5.68. The number of carbonyl (C=O) groups excluding carboxylic acids is 1. The topological polar surface area (TPSA) is 84.7 Å². The van der Waals surface area contributed by atoms with E-state index in [0.29, 0.717) is 23.5 Å². The summed E-state index contributed by atoms with van der Waals surface area (Å²) in [5.74, 6) is 0.331. The average Bonchev–Trinajstić information content (AvgIpc) is 3.21. The molecule has 1 amide bonds. The molecule has 170 valence electrons. The zero-order chi connectivity index (χ0) is 23.0. The smallest absolute Gasteiger partial charge is 0.212 e. The largest absolute Gasteiger partial charge is 0.379 e. The summed E-state index contributed by atoms with van der Waals surface area (Å²) in [5.41, 5.74) is 3.77. The number of aromatic nitrogens is 4. The molecule has 1 saturated heterocycles. The van der Waals surface area contributed by atoms with E-state index in [1.807, 2.05) is 25.1 Å². The van der Waals surface area contributed by atoms with Crippen molar-refractivity contribution in [1.29, 1.82) is 0 Å². The Bertz CT molecular complexity index is 1220. The molecule has 0 bridgehead atoms. The van der Waals surface area contributed by atoms with E-state index >= 15 is 0 Å². The van der Waals surface area contributed by atoms with Crippen LogP contribution in [0, 0.1) is 12.7 Å². The maximum absolute atomic E-state index is 13.6. The number of anilines is 1. The first-order valence-corrected chi connectivity index (χ1v) is 10.7. The van der Waals surface area contributed by atoms with Crippen LogP contribution in [0.5, 0.6) is 0 Å². The van der Waals surface area contributed by atoms with Gasteiger partial charge in [-0.05, 0) is 43.3 Å². The molecule has 0 aliphatic carbocycles. The Kier molecular flexibility index (Phi) is 7.33. The van der Waals surface area contributed by atoms with Crippen molar-refractivity contribution < 1.29 is 13.9 Å². The van der Waals surface area contributed by atoms with Crippen LogP contribution in [-0.2, 0) is 16.1 Å². The maximum Gasteiger partial charge on any atom is 0.212 e. The Morgan fingerprint density at radius 2 is 1.91 bits per heavy atom. The number of pyridine rings is 1. The van der Waals surface area contributed by atoms with E-state index in [1.165, 1.54) is 6.07 Å². The van der Waals surface area contributed by atoms with Gasteiger partial charge >= 0.3 is 0 Å². The summed E-state index contributed by atoms with van der Waals surface area (Å²) in [5, 5.41) is 6.93. The fourth-order valence-electron chi connectivity index (χ4n) is 3.50. The van der Waals surface area contributed by atoms with Crippen molar-refractivity contribution >= 4 is 17.9 Å². The molecule has 0 saturated carbocycles. The first-order chi connectivity index (χ1) is 16.1. The van der Waals surface area contributed by atoms with E-state index in [1.54, 1.807) is 41.0 Å². The molecule has 1 N–H and O–H groups in total. The summed E-state index contributed by atoms with van der Waals surface area (Å²) >= 11 is 0. The first-order valence-electron chi connectivity index (χ1n) is 10.7. The van der Waals surface area contributed by atoms with E-state index in [2.05, 4.69) is 25.3 Å². The summed E-state index contributed by atoms with van der Waals surface area (Å²) in [7, 11) is 0. The number of benzene rings is 1. The molecule has 0 radical (unpaired) electrons. The molecular weight excluding hydrogens is 423 g/mol. The molecule has 4 aromatic rings. The molecular formula is C24H25FN6O2. The van der Waals surface area contributed by atoms with Gasteiger partial charge in [0.1, 0.15) is 11.6 Å². The fraction of sp³-hybridized carbons (Fsp3) is 0.250. The highest BCUT2D eigenvalue weighted by atomic mass is 19.1. The highest BCUT2D eigenvalue weighted by Crippen LogP contribution is 2.20. The van der Waals surface area contributed by atoms with Crippen LogP contribution in [0.1, 0.15) is 11.4 Å². The predicted molar refractivity (Wildman–Crippen MR) is 123 cm³/mol. The van der Waals surface area contributed by atoms with Crippen molar-refractivity contribution in [2.45, 2.75) is 13.5 Å². The predicted octanol–water partition coefficient (Wildman–Crippen LogP) is 3.33. The molecule has 5 rings (SSSR count). The second kappa shape index (κ2) is 10.8. The molecule has 1 fully saturated rings. The van der Waals surface area contributed by atoms with Gasteiger partial charge in [-0.25, -0.2) is 18.9 Å². The fourth-order valence-corrected chi connectivity index (χ4v) is 3.50. The molecule has 0 atom stereocenters. The molecule has 1 aliphatic heterocycles. The SMILES string of the molecule is Cc1cnc2ccc(-c3ccccc3F)nn12.O=CNc1cccc(CN2CCOCC2)n1. The van der Waals surface area contributed by atoms with Crippen molar-refractivity contribution in [2.75, 3.05) is 31.6 Å². The van der Waals surface area contributed by atoms with Gasteiger partial charge in [0.05, 0.1) is 36.5 Å². The van der Waals surface area contributed by atoms with Crippen molar-refractivity contribution in [3.05, 3.63) is 78.0 Å². The molecule has 9 heteroatoms. The Balaban J connectivity index is 0.000000157.